The number of hydrogen-bond acceptors (Lipinski definition) is 4. The molecule has 1 heterocycles. The van der Waals surface area contributed by atoms with Crippen molar-refractivity contribution in [2.24, 2.45) is 0 Å². The molecule has 1 aromatic heterocycles. The maximum absolute atomic E-state index is 12.0. The Morgan fingerprint density at radius 1 is 1.00 bits per heavy atom. The lowest BCUT2D eigenvalue weighted by Crippen LogP contribution is -2.10. The van der Waals surface area contributed by atoms with E-state index >= 15 is 0 Å². The van der Waals surface area contributed by atoms with E-state index in [0.717, 1.165) is 22.7 Å². The SMILES string of the molecule is COc1ccccc1CNc1ccc(NC(=O)c2cccs2)cc1. The zero-order valence-electron chi connectivity index (χ0n) is 13.3. The minimum atomic E-state index is -0.0836. The van der Waals surface area contributed by atoms with Crippen LogP contribution in [0.2, 0.25) is 0 Å². The first-order valence-corrected chi connectivity index (χ1v) is 8.45. The van der Waals surface area contributed by atoms with Crippen molar-refractivity contribution in [1.29, 1.82) is 0 Å². The Morgan fingerprint density at radius 2 is 1.75 bits per heavy atom. The highest BCUT2D eigenvalue weighted by Gasteiger charge is 2.06. The molecule has 24 heavy (non-hydrogen) atoms. The molecule has 0 bridgehead atoms. The Morgan fingerprint density at radius 3 is 2.46 bits per heavy atom. The molecule has 4 nitrogen and oxygen atoms in total. The smallest absolute Gasteiger partial charge is 0.265 e. The molecule has 0 saturated heterocycles. The average molecular weight is 338 g/mol. The molecule has 2 aromatic carbocycles. The van der Waals surface area contributed by atoms with Gasteiger partial charge in [0.2, 0.25) is 0 Å². The first kappa shape index (κ1) is 16.1. The van der Waals surface area contributed by atoms with Crippen LogP contribution in [-0.2, 0) is 6.54 Å². The summed E-state index contributed by atoms with van der Waals surface area (Å²) in [5, 5.41) is 8.13. The zero-order chi connectivity index (χ0) is 16.8. The Hall–Kier alpha value is -2.79. The first-order valence-electron chi connectivity index (χ1n) is 7.57. The molecule has 3 aromatic rings. The van der Waals surface area contributed by atoms with Gasteiger partial charge in [-0.2, -0.15) is 0 Å². The van der Waals surface area contributed by atoms with Crippen LogP contribution < -0.4 is 15.4 Å². The van der Waals surface area contributed by atoms with E-state index in [9.17, 15) is 4.79 Å². The quantitative estimate of drug-likeness (QED) is 0.689. The van der Waals surface area contributed by atoms with Gasteiger partial charge in [-0.05, 0) is 41.8 Å². The lowest BCUT2D eigenvalue weighted by molar-refractivity contribution is 0.103. The molecule has 0 aliphatic carbocycles. The van der Waals surface area contributed by atoms with Crippen LogP contribution in [0, 0.1) is 0 Å². The minimum Gasteiger partial charge on any atom is -0.496 e. The fourth-order valence-electron chi connectivity index (χ4n) is 2.32. The number of para-hydroxylation sites is 1. The van der Waals surface area contributed by atoms with Crippen LogP contribution in [0.15, 0.2) is 66.0 Å². The number of nitrogens with one attached hydrogen (secondary N) is 2. The molecule has 0 unspecified atom stereocenters. The second-order valence-corrected chi connectivity index (χ2v) is 6.12. The lowest BCUT2D eigenvalue weighted by atomic mass is 10.2. The van der Waals surface area contributed by atoms with E-state index in [4.69, 9.17) is 4.74 Å². The highest BCUT2D eigenvalue weighted by atomic mass is 32.1. The molecule has 1 amide bonds. The van der Waals surface area contributed by atoms with Crippen molar-refractivity contribution in [3.8, 4) is 5.75 Å². The molecule has 0 aliphatic heterocycles. The molecular formula is C19H18N2O2S. The monoisotopic (exact) mass is 338 g/mol. The van der Waals surface area contributed by atoms with E-state index in [1.807, 2.05) is 66.0 Å². The highest BCUT2D eigenvalue weighted by Crippen LogP contribution is 2.20. The molecule has 0 atom stereocenters. The summed E-state index contributed by atoms with van der Waals surface area (Å²) in [6, 6.07) is 19.2. The summed E-state index contributed by atoms with van der Waals surface area (Å²) in [5.74, 6) is 0.782. The standard InChI is InChI=1S/C19H18N2O2S/c1-23-17-6-3-2-5-14(17)13-20-15-8-10-16(11-9-15)21-19(22)18-7-4-12-24-18/h2-12,20H,13H2,1H3,(H,21,22). The number of rotatable bonds is 6. The van der Waals surface area contributed by atoms with E-state index in [1.165, 1.54) is 11.3 Å². The Kier molecular flexibility index (Phi) is 5.13. The second-order valence-electron chi connectivity index (χ2n) is 5.17. The van der Waals surface area contributed by atoms with E-state index in [1.54, 1.807) is 7.11 Å². The van der Waals surface area contributed by atoms with Crippen molar-refractivity contribution in [3.05, 3.63) is 76.5 Å². The van der Waals surface area contributed by atoms with E-state index in [2.05, 4.69) is 10.6 Å². The van der Waals surface area contributed by atoms with Gasteiger partial charge in [0.1, 0.15) is 5.75 Å². The van der Waals surface area contributed by atoms with Gasteiger partial charge in [0.25, 0.3) is 5.91 Å². The van der Waals surface area contributed by atoms with Gasteiger partial charge in [-0.1, -0.05) is 24.3 Å². The summed E-state index contributed by atoms with van der Waals surface area (Å²) in [4.78, 5) is 12.7. The van der Waals surface area contributed by atoms with Crippen LogP contribution in [0.5, 0.6) is 5.75 Å². The molecule has 0 saturated carbocycles. The normalized spacial score (nSPS) is 10.2. The zero-order valence-corrected chi connectivity index (χ0v) is 14.1. The summed E-state index contributed by atoms with van der Waals surface area (Å²) >= 11 is 1.43. The van der Waals surface area contributed by atoms with Crippen molar-refractivity contribution in [2.45, 2.75) is 6.54 Å². The number of anilines is 2. The molecule has 0 spiro atoms. The van der Waals surface area contributed by atoms with Gasteiger partial charge in [0.15, 0.2) is 0 Å². The fourth-order valence-corrected chi connectivity index (χ4v) is 2.94. The molecule has 122 valence electrons. The van der Waals surface area contributed by atoms with Gasteiger partial charge in [-0.15, -0.1) is 11.3 Å². The predicted molar refractivity (Wildman–Crippen MR) is 99.0 cm³/mol. The Bertz CT molecular complexity index is 798. The molecule has 0 aliphatic rings. The summed E-state index contributed by atoms with van der Waals surface area (Å²) < 4.78 is 5.35. The van der Waals surface area contributed by atoms with Crippen LogP contribution in [0.4, 0.5) is 11.4 Å². The topological polar surface area (TPSA) is 50.4 Å². The molecule has 0 fully saturated rings. The van der Waals surface area contributed by atoms with Crippen molar-refractivity contribution in [2.75, 3.05) is 17.7 Å². The second kappa shape index (κ2) is 7.66. The Balaban J connectivity index is 1.59. The van der Waals surface area contributed by atoms with Crippen LogP contribution in [0.1, 0.15) is 15.2 Å². The highest BCUT2D eigenvalue weighted by molar-refractivity contribution is 7.12. The van der Waals surface area contributed by atoms with Crippen molar-refractivity contribution >= 4 is 28.6 Å². The third-order valence-electron chi connectivity index (χ3n) is 3.56. The first-order chi connectivity index (χ1) is 11.8. The van der Waals surface area contributed by atoms with Gasteiger partial charge in [0.05, 0.1) is 12.0 Å². The summed E-state index contributed by atoms with van der Waals surface area (Å²) in [6.07, 6.45) is 0. The molecular weight excluding hydrogens is 320 g/mol. The van der Waals surface area contributed by atoms with Crippen LogP contribution in [0.3, 0.4) is 0 Å². The van der Waals surface area contributed by atoms with Crippen LogP contribution in [0.25, 0.3) is 0 Å². The molecule has 2 N–H and O–H groups in total. The van der Waals surface area contributed by atoms with E-state index in [0.29, 0.717) is 11.4 Å². The number of benzene rings is 2. The summed E-state index contributed by atoms with van der Waals surface area (Å²) in [7, 11) is 1.67. The molecule has 3 rings (SSSR count). The van der Waals surface area contributed by atoms with Crippen molar-refractivity contribution < 1.29 is 9.53 Å². The Labute approximate surface area is 145 Å². The third-order valence-corrected chi connectivity index (χ3v) is 4.43. The molecule has 0 radical (unpaired) electrons. The van der Waals surface area contributed by atoms with Crippen molar-refractivity contribution in [3.63, 3.8) is 0 Å². The minimum absolute atomic E-state index is 0.0836. The third kappa shape index (κ3) is 3.94. The maximum Gasteiger partial charge on any atom is 0.265 e. The van der Waals surface area contributed by atoms with Gasteiger partial charge in [0, 0.05) is 23.5 Å². The van der Waals surface area contributed by atoms with Crippen molar-refractivity contribution in [1.82, 2.24) is 0 Å². The van der Waals surface area contributed by atoms with Gasteiger partial charge >= 0.3 is 0 Å². The number of amides is 1. The number of carbonyl (C=O) groups excluding carboxylic acids is 1. The summed E-state index contributed by atoms with van der Waals surface area (Å²) in [5.41, 5.74) is 2.85. The van der Waals surface area contributed by atoms with Crippen LogP contribution >= 0.6 is 11.3 Å². The summed E-state index contributed by atoms with van der Waals surface area (Å²) in [6.45, 7) is 0.672. The number of methoxy groups -OCH3 is 1. The van der Waals surface area contributed by atoms with E-state index in [-0.39, 0.29) is 5.91 Å². The number of carbonyl (C=O) groups is 1. The maximum atomic E-state index is 12.0. The fraction of sp³-hybridized carbons (Fsp3) is 0.105. The van der Waals surface area contributed by atoms with Gasteiger partial charge in [-0.3, -0.25) is 4.79 Å². The van der Waals surface area contributed by atoms with Gasteiger partial charge < -0.3 is 15.4 Å². The van der Waals surface area contributed by atoms with Gasteiger partial charge in [-0.25, -0.2) is 0 Å². The largest absolute Gasteiger partial charge is 0.496 e. The average Bonchev–Trinajstić information content (AvgIpc) is 3.16. The van der Waals surface area contributed by atoms with E-state index < -0.39 is 0 Å². The lowest BCUT2D eigenvalue weighted by Gasteiger charge is -2.11. The number of hydrogen-bond donors (Lipinski definition) is 2. The number of thiophene rings is 1. The number of ether oxygens (including phenoxy) is 1. The predicted octanol–water partition coefficient (Wildman–Crippen LogP) is 4.62. The van der Waals surface area contributed by atoms with Crippen LogP contribution in [-0.4, -0.2) is 13.0 Å². The molecule has 5 heteroatoms.